The predicted molar refractivity (Wildman–Crippen MR) is 85.9 cm³/mol. The van der Waals surface area contributed by atoms with Gasteiger partial charge in [0, 0.05) is 17.3 Å². The number of hydrogen-bond acceptors (Lipinski definition) is 4. The van der Waals surface area contributed by atoms with Crippen LogP contribution in [0, 0.1) is 13.8 Å². The first-order valence-corrected chi connectivity index (χ1v) is 8.25. The van der Waals surface area contributed by atoms with Gasteiger partial charge >= 0.3 is 0 Å². The van der Waals surface area contributed by atoms with E-state index >= 15 is 0 Å². The zero-order valence-corrected chi connectivity index (χ0v) is 14.0. The Balaban J connectivity index is 1.66. The molecule has 2 heterocycles. The number of carbonyl (C=O) groups is 1. The third-order valence-corrected chi connectivity index (χ3v) is 4.70. The van der Waals surface area contributed by atoms with Gasteiger partial charge in [0.25, 0.3) is 0 Å². The molecule has 2 aromatic heterocycles. The van der Waals surface area contributed by atoms with E-state index in [1.54, 1.807) is 6.33 Å². The number of aromatic amines is 1. The lowest BCUT2D eigenvalue weighted by atomic mass is 10.1. The summed E-state index contributed by atoms with van der Waals surface area (Å²) >= 11 is 0. The van der Waals surface area contributed by atoms with Gasteiger partial charge in [-0.15, -0.1) is 10.2 Å². The van der Waals surface area contributed by atoms with Crippen LogP contribution >= 0.6 is 0 Å². The maximum atomic E-state index is 12.3. The van der Waals surface area contributed by atoms with Crippen LogP contribution in [0.1, 0.15) is 67.5 Å². The first kappa shape index (κ1) is 15.7. The van der Waals surface area contributed by atoms with Crippen molar-refractivity contribution in [2.24, 2.45) is 0 Å². The Morgan fingerprint density at radius 2 is 2.17 bits per heavy atom. The van der Waals surface area contributed by atoms with Crippen molar-refractivity contribution in [1.29, 1.82) is 0 Å². The number of nitrogens with zero attached hydrogens (tertiary/aromatic N) is 4. The Labute approximate surface area is 135 Å². The summed E-state index contributed by atoms with van der Waals surface area (Å²) in [5.74, 6) is 0.817. The van der Waals surface area contributed by atoms with E-state index in [0.29, 0.717) is 12.5 Å². The number of H-pyrrole nitrogens is 1. The molecule has 0 aliphatic heterocycles. The summed E-state index contributed by atoms with van der Waals surface area (Å²) in [5.41, 5.74) is 2.78. The van der Waals surface area contributed by atoms with Crippen molar-refractivity contribution < 1.29 is 4.79 Å². The van der Waals surface area contributed by atoms with Gasteiger partial charge in [0.1, 0.15) is 6.33 Å². The average molecular weight is 316 g/mol. The van der Waals surface area contributed by atoms with E-state index in [0.717, 1.165) is 22.8 Å². The Morgan fingerprint density at radius 3 is 2.83 bits per heavy atom. The molecule has 1 atom stereocenters. The third kappa shape index (κ3) is 3.28. The van der Waals surface area contributed by atoms with Gasteiger partial charge in [-0.2, -0.15) is 5.10 Å². The first-order valence-electron chi connectivity index (χ1n) is 8.25. The number of hydrogen-bond donors (Lipinski definition) is 2. The van der Waals surface area contributed by atoms with E-state index < -0.39 is 0 Å². The zero-order valence-electron chi connectivity index (χ0n) is 14.0. The van der Waals surface area contributed by atoms with Gasteiger partial charge in [0.15, 0.2) is 5.82 Å². The van der Waals surface area contributed by atoms with Crippen molar-refractivity contribution in [2.45, 2.75) is 65.0 Å². The number of aromatic nitrogens is 5. The van der Waals surface area contributed by atoms with E-state index in [4.69, 9.17) is 0 Å². The summed E-state index contributed by atoms with van der Waals surface area (Å²) < 4.78 is 2.13. The number of carbonyl (C=O) groups excluding carboxylic acids is 1. The number of rotatable bonds is 5. The van der Waals surface area contributed by atoms with Crippen LogP contribution in [0.3, 0.4) is 0 Å². The molecule has 0 radical (unpaired) electrons. The van der Waals surface area contributed by atoms with Crippen LogP contribution in [0.4, 0.5) is 0 Å². The lowest BCUT2D eigenvalue weighted by Crippen LogP contribution is -2.30. The topological polar surface area (TPSA) is 88.5 Å². The first-order chi connectivity index (χ1) is 11.1. The minimum absolute atomic E-state index is 0.0222. The molecular formula is C16H24N6O. The molecule has 0 spiro atoms. The standard InChI is InChI=1S/C16H24N6O/c1-10-14(11(2)20-19-10)8-15(23)18-12(3)16-21-17-9-22(16)13-6-4-5-7-13/h9,12-13H,4-8H2,1-3H3,(H,18,23)(H,19,20). The van der Waals surface area contributed by atoms with Gasteiger partial charge < -0.3 is 9.88 Å². The summed E-state index contributed by atoms with van der Waals surface area (Å²) in [7, 11) is 0. The normalized spacial score (nSPS) is 16.7. The maximum Gasteiger partial charge on any atom is 0.225 e. The molecule has 0 bridgehead atoms. The van der Waals surface area contributed by atoms with Crippen LogP contribution in [-0.4, -0.2) is 30.9 Å². The molecule has 1 aliphatic rings. The van der Waals surface area contributed by atoms with E-state index in [2.05, 4.69) is 30.3 Å². The number of aryl methyl sites for hydroxylation is 2. The van der Waals surface area contributed by atoms with Crippen LogP contribution < -0.4 is 5.32 Å². The third-order valence-electron chi connectivity index (χ3n) is 4.70. The molecule has 7 heteroatoms. The quantitative estimate of drug-likeness (QED) is 0.884. The second-order valence-electron chi connectivity index (χ2n) is 6.41. The second-order valence-corrected chi connectivity index (χ2v) is 6.41. The Hall–Kier alpha value is -2.18. The van der Waals surface area contributed by atoms with Gasteiger partial charge in [-0.25, -0.2) is 0 Å². The SMILES string of the molecule is Cc1n[nH]c(C)c1CC(=O)NC(C)c1nncn1C1CCCC1. The average Bonchev–Trinajstić information content (AvgIpc) is 3.23. The summed E-state index contributed by atoms with van der Waals surface area (Å²) in [4.78, 5) is 12.3. The lowest BCUT2D eigenvalue weighted by molar-refractivity contribution is -0.121. The van der Waals surface area contributed by atoms with Gasteiger partial charge in [-0.3, -0.25) is 9.89 Å². The van der Waals surface area contributed by atoms with E-state index in [1.807, 2.05) is 20.8 Å². The van der Waals surface area contributed by atoms with Crippen molar-refractivity contribution in [2.75, 3.05) is 0 Å². The maximum absolute atomic E-state index is 12.3. The molecule has 23 heavy (non-hydrogen) atoms. The number of nitrogens with one attached hydrogen (secondary N) is 2. The van der Waals surface area contributed by atoms with Crippen LogP contribution in [0.5, 0.6) is 0 Å². The Bertz CT molecular complexity index is 663. The highest BCUT2D eigenvalue weighted by atomic mass is 16.1. The fourth-order valence-corrected chi connectivity index (χ4v) is 3.38. The van der Waals surface area contributed by atoms with Crippen molar-refractivity contribution in [3.63, 3.8) is 0 Å². The summed E-state index contributed by atoms with van der Waals surface area (Å²) in [6.07, 6.45) is 6.96. The molecule has 3 rings (SSSR count). The minimum Gasteiger partial charge on any atom is -0.346 e. The molecule has 2 N–H and O–H groups in total. The van der Waals surface area contributed by atoms with Crippen LogP contribution in [-0.2, 0) is 11.2 Å². The Morgan fingerprint density at radius 1 is 1.43 bits per heavy atom. The van der Waals surface area contributed by atoms with Crippen LogP contribution in [0.2, 0.25) is 0 Å². The van der Waals surface area contributed by atoms with E-state index in [9.17, 15) is 4.79 Å². The van der Waals surface area contributed by atoms with Gasteiger partial charge in [0.2, 0.25) is 5.91 Å². The molecule has 1 saturated carbocycles. The molecule has 2 aromatic rings. The molecular weight excluding hydrogens is 292 g/mol. The Kier molecular flexibility index (Phi) is 4.45. The molecule has 1 unspecified atom stereocenters. The zero-order chi connectivity index (χ0) is 16.4. The highest BCUT2D eigenvalue weighted by Crippen LogP contribution is 2.31. The minimum atomic E-state index is -0.155. The van der Waals surface area contributed by atoms with Crippen molar-refractivity contribution in [3.8, 4) is 0 Å². The molecule has 0 saturated heterocycles. The van der Waals surface area contributed by atoms with Crippen LogP contribution in [0.25, 0.3) is 0 Å². The van der Waals surface area contributed by atoms with E-state index in [-0.39, 0.29) is 11.9 Å². The molecule has 7 nitrogen and oxygen atoms in total. The second kappa shape index (κ2) is 6.52. The predicted octanol–water partition coefficient (Wildman–Crippen LogP) is 2.15. The monoisotopic (exact) mass is 316 g/mol. The molecule has 1 aliphatic carbocycles. The van der Waals surface area contributed by atoms with Gasteiger partial charge in [-0.1, -0.05) is 12.8 Å². The number of amides is 1. The molecule has 0 aromatic carbocycles. The van der Waals surface area contributed by atoms with Gasteiger partial charge in [-0.05, 0) is 33.6 Å². The van der Waals surface area contributed by atoms with Gasteiger partial charge in [0.05, 0.1) is 18.2 Å². The molecule has 124 valence electrons. The highest BCUT2D eigenvalue weighted by Gasteiger charge is 2.23. The van der Waals surface area contributed by atoms with Crippen molar-refractivity contribution in [3.05, 3.63) is 29.1 Å². The molecule has 1 amide bonds. The summed E-state index contributed by atoms with van der Waals surface area (Å²) in [6.45, 7) is 5.80. The van der Waals surface area contributed by atoms with E-state index in [1.165, 1.54) is 25.7 Å². The largest absolute Gasteiger partial charge is 0.346 e. The smallest absolute Gasteiger partial charge is 0.225 e. The summed E-state index contributed by atoms with van der Waals surface area (Å²) in [5, 5.41) is 18.4. The summed E-state index contributed by atoms with van der Waals surface area (Å²) in [6, 6.07) is 0.316. The van der Waals surface area contributed by atoms with Crippen molar-refractivity contribution >= 4 is 5.91 Å². The fourth-order valence-electron chi connectivity index (χ4n) is 3.38. The highest BCUT2D eigenvalue weighted by molar-refractivity contribution is 5.79. The van der Waals surface area contributed by atoms with Crippen molar-refractivity contribution in [1.82, 2.24) is 30.3 Å². The molecule has 1 fully saturated rings. The van der Waals surface area contributed by atoms with Crippen LogP contribution in [0.15, 0.2) is 6.33 Å². The fraction of sp³-hybridized carbons (Fsp3) is 0.625. The lowest BCUT2D eigenvalue weighted by Gasteiger charge is -2.18.